The third kappa shape index (κ3) is 2.56. The number of H-pyrrole nitrogens is 1. The fraction of sp³-hybridized carbons (Fsp3) is 0.130. The minimum Gasteiger partial charge on any atom is -0.366 e. The second-order valence-electron chi connectivity index (χ2n) is 7.57. The molecule has 0 spiro atoms. The number of rotatable bonds is 3. The summed E-state index contributed by atoms with van der Waals surface area (Å²) >= 11 is 0. The van der Waals surface area contributed by atoms with Gasteiger partial charge >= 0.3 is 0 Å². The van der Waals surface area contributed by atoms with E-state index in [9.17, 15) is 10.1 Å². The van der Waals surface area contributed by atoms with Crippen LogP contribution < -0.4 is 0 Å². The Kier molecular flexibility index (Phi) is 3.64. The molecule has 2 aromatic carbocycles. The summed E-state index contributed by atoms with van der Waals surface area (Å²) in [6.07, 6.45) is 8.22. The van der Waals surface area contributed by atoms with Gasteiger partial charge in [0.2, 0.25) is 0 Å². The van der Waals surface area contributed by atoms with Crippen LogP contribution in [-0.2, 0) is 14.1 Å². The lowest BCUT2D eigenvalue weighted by atomic mass is 9.98. The van der Waals surface area contributed by atoms with Crippen LogP contribution in [0.5, 0.6) is 0 Å². The van der Waals surface area contributed by atoms with Crippen LogP contribution in [0.3, 0.4) is 0 Å². The van der Waals surface area contributed by atoms with E-state index in [-0.39, 0.29) is 10.6 Å². The van der Waals surface area contributed by atoms with Crippen LogP contribution in [0.15, 0.2) is 61.2 Å². The maximum absolute atomic E-state index is 11.2. The van der Waals surface area contributed by atoms with E-state index in [0.29, 0.717) is 0 Å². The van der Waals surface area contributed by atoms with Gasteiger partial charge in [-0.2, -0.15) is 0 Å². The number of nitro groups is 1. The highest BCUT2D eigenvalue weighted by Crippen LogP contribution is 2.40. The van der Waals surface area contributed by atoms with Crippen molar-refractivity contribution < 1.29 is 4.92 Å². The van der Waals surface area contributed by atoms with Crippen LogP contribution in [0.25, 0.3) is 44.1 Å². The zero-order valence-corrected chi connectivity index (χ0v) is 16.4. The number of fused-ring (bicyclic) bond motifs is 2. The van der Waals surface area contributed by atoms with Crippen LogP contribution in [0.1, 0.15) is 5.56 Å². The number of benzene rings is 2. The van der Waals surface area contributed by atoms with Crippen LogP contribution in [-0.4, -0.2) is 19.0 Å². The van der Waals surface area contributed by atoms with E-state index in [0.717, 1.165) is 27.6 Å². The average molecular weight is 384 g/mol. The number of aromatic amines is 1. The minimum atomic E-state index is -0.355. The van der Waals surface area contributed by atoms with Gasteiger partial charge < -0.3 is 14.1 Å². The quantitative estimate of drug-likeness (QED) is 0.327. The Labute approximate surface area is 167 Å². The van der Waals surface area contributed by atoms with E-state index in [1.54, 1.807) is 12.1 Å². The molecule has 0 saturated heterocycles. The third-order valence-electron chi connectivity index (χ3n) is 5.66. The second kappa shape index (κ2) is 6.10. The summed E-state index contributed by atoms with van der Waals surface area (Å²) in [6.45, 7) is 2.10. The van der Waals surface area contributed by atoms with Gasteiger partial charge in [-0.3, -0.25) is 10.1 Å². The molecule has 0 fully saturated rings. The van der Waals surface area contributed by atoms with Crippen molar-refractivity contribution in [2.24, 2.45) is 14.1 Å². The first-order chi connectivity index (χ1) is 13.9. The predicted octanol–water partition coefficient (Wildman–Crippen LogP) is 5.55. The number of aromatic nitrogens is 3. The Hall–Kier alpha value is -3.80. The smallest absolute Gasteiger partial charge is 0.271 e. The molecular weight excluding hydrogens is 364 g/mol. The van der Waals surface area contributed by atoms with Crippen molar-refractivity contribution in [3.8, 4) is 22.3 Å². The molecule has 0 bridgehead atoms. The van der Waals surface area contributed by atoms with Gasteiger partial charge in [0.05, 0.1) is 10.4 Å². The molecular formula is C23H20N4O2. The summed E-state index contributed by atoms with van der Waals surface area (Å²) in [4.78, 5) is 14.1. The molecule has 5 aromatic rings. The maximum atomic E-state index is 11.2. The van der Waals surface area contributed by atoms with Gasteiger partial charge in [0, 0.05) is 89.6 Å². The Morgan fingerprint density at radius 3 is 2.17 bits per heavy atom. The van der Waals surface area contributed by atoms with E-state index in [1.165, 1.54) is 22.0 Å². The van der Waals surface area contributed by atoms with E-state index in [1.807, 2.05) is 36.3 Å². The lowest BCUT2D eigenvalue weighted by Crippen LogP contribution is -1.89. The van der Waals surface area contributed by atoms with Crippen molar-refractivity contribution in [3.05, 3.63) is 76.9 Å². The zero-order valence-electron chi connectivity index (χ0n) is 16.4. The van der Waals surface area contributed by atoms with Gasteiger partial charge in [-0.05, 0) is 25.1 Å². The summed E-state index contributed by atoms with van der Waals surface area (Å²) in [5.41, 5.74) is 7.77. The molecule has 0 aliphatic rings. The van der Waals surface area contributed by atoms with Crippen molar-refractivity contribution in [1.29, 1.82) is 0 Å². The summed E-state index contributed by atoms with van der Waals surface area (Å²) in [7, 11) is 3.98. The summed E-state index contributed by atoms with van der Waals surface area (Å²) < 4.78 is 4.09. The van der Waals surface area contributed by atoms with Crippen LogP contribution in [0.4, 0.5) is 5.69 Å². The fourth-order valence-electron chi connectivity index (χ4n) is 4.23. The van der Waals surface area contributed by atoms with Gasteiger partial charge in [0.25, 0.3) is 5.69 Å². The Balaban J connectivity index is 1.75. The SMILES string of the molecule is Cc1ccc2c(c1)c(-c1c[nH]cc1-c1cn(C)c3cc([N+](=O)[O-])ccc13)cn2C. The van der Waals surface area contributed by atoms with Crippen molar-refractivity contribution in [2.45, 2.75) is 6.92 Å². The number of hydrogen-bond donors (Lipinski definition) is 1. The molecule has 1 N–H and O–H groups in total. The zero-order chi connectivity index (χ0) is 20.3. The molecule has 0 radical (unpaired) electrons. The standard InChI is InChI=1S/C23H20N4O2/c1-14-4-7-22-17(8-14)21(13-25(22)2)19-11-24-10-18(19)20-12-26(3)23-9-15(27(28)29)5-6-16(20)23/h4-13,24H,1-3H3. The molecule has 0 aliphatic carbocycles. The van der Waals surface area contributed by atoms with Gasteiger partial charge in [0.15, 0.2) is 0 Å². The van der Waals surface area contributed by atoms with Gasteiger partial charge in [-0.25, -0.2) is 0 Å². The van der Waals surface area contributed by atoms with Crippen molar-refractivity contribution in [1.82, 2.24) is 14.1 Å². The molecule has 0 aliphatic heterocycles. The Morgan fingerprint density at radius 2 is 1.48 bits per heavy atom. The highest BCUT2D eigenvalue weighted by Gasteiger charge is 2.19. The molecule has 5 rings (SSSR count). The lowest BCUT2D eigenvalue weighted by molar-refractivity contribution is -0.384. The monoisotopic (exact) mass is 384 g/mol. The van der Waals surface area contributed by atoms with E-state index < -0.39 is 0 Å². The second-order valence-corrected chi connectivity index (χ2v) is 7.57. The molecule has 29 heavy (non-hydrogen) atoms. The topological polar surface area (TPSA) is 68.8 Å². The van der Waals surface area contributed by atoms with E-state index in [4.69, 9.17) is 0 Å². The van der Waals surface area contributed by atoms with Gasteiger partial charge in [-0.15, -0.1) is 0 Å². The maximum Gasteiger partial charge on any atom is 0.271 e. The first-order valence-corrected chi connectivity index (χ1v) is 9.40. The lowest BCUT2D eigenvalue weighted by Gasteiger charge is -2.03. The Morgan fingerprint density at radius 1 is 0.828 bits per heavy atom. The number of nitro benzene ring substituents is 1. The molecule has 6 heteroatoms. The van der Waals surface area contributed by atoms with Crippen LogP contribution in [0, 0.1) is 17.0 Å². The third-order valence-corrected chi connectivity index (χ3v) is 5.66. The number of hydrogen-bond acceptors (Lipinski definition) is 2. The minimum absolute atomic E-state index is 0.101. The molecule has 3 heterocycles. The molecule has 6 nitrogen and oxygen atoms in total. The van der Waals surface area contributed by atoms with Crippen LogP contribution >= 0.6 is 0 Å². The molecule has 3 aromatic heterocycles. The fourth-order valence-corrected chi connectivity index (χ4v) is 4.23. The highest BCUT2D eigenvalue weighted by molar-refractivity contribution is 6.05. The number of nitrogens with one attached hydrogen (secondary N) is 1. The number of aryl methyl sites for hydroxylation is 3. The summed E-state index contributed by atoms with van der Waals surface area (Å²) in [5.74, 6) is 0. The van der Waals surface area contributed by atoms with Gasteiger partial charge in [-0.1, -0.05) is 11.6 Å². The van der Waals surface area contributed by atoms with E-state index >= 15 is 0 Å². The molecule has 0 unspecified atom stereocenters. The number of non-ortho nitro benzene ring substituents is 1. The first-order valence-electron chi connectivity index (χ1n) is 9.40. The molecule has 0 saturated carbocycles. The predicted molar refractivity (Wildman–Crippen MR) is 116 cm³/mol. The van der Waals surface area contributed by atoms with E-state index in [2.05, 4.69) is 47.9 Å². The summed E-state index contributed by atoms with van der Waals surface area (Å²) in [5, 5.41) is 13.4. The average Bonchev–Trinajstić information content (AvgIpc) is 3.37. The highest BCUT2D eigenvalue weighted by atomic mass is 16.6. The molecule has 144 valence electrons. The van der Waals surface area contributed by atoms with Crippen LogP contribution in [0.2, 0.25) is 0 Å². The molecule has 0 amide bonds. The normalized spacial score (nSPS) is 11.6. The molecule has 0 atom stereocenters. The number of nitrogens with zero attached hydrogens (tertiary/aromatic N) is 3. The van der Waals surface area contributed by atoms with Crippen molar-refractivity contribution >= 4 is 27.5 Å². The Bertz CT molecular complexity index is 1420. The largest absolute Gasteiger partial charge is 0.366 e. The van der Waals surface area contributed by atoms with Gasteiger partial charge in [0.1, 0.15) is 0 Å². The van der Waals surface area contributed by atoms with Crippen molar-refractivity contribution in [2.75, 3.05) is 0 Å². The first kappa shape index (κ1) is 17.3. The van der Waals surface area contributed by atoms with Crippen molar-refractivity contribution in [3.63, 3.8) is 0 Å². The summed E-state index contributed by atoms with van der Waals surface area (Å²) in [6, 6.07) is 11.5.